The van der Waals surface area contributed by atoms with Crippen molar-refractivity contribution in [2.75, 3.05) is 11.4 Å². The highest BCUT2D eigenvalue weighted by molar-refractivity contribution is 5.38. The van der Waals surface area contributed by atoms with Gasteiger partial charge in [0, 0.05) is 32.0 Å². The second kappa shape index (κ2) is 6.12. The predicted molar refractivity (Wildman–Crippen MR) is 73.1 cm³/mol. The van der Waals surface area contributed by atoms with Crippen LogP contribution in [-0.4, -0.2) is 16.5 Å². The third-order valence-electron chi connectivity index (χ3n) is 2.95. The number of nitrogens with zero attached hydrogens (tertiary/aromatic N) is 3. The minimum absolute atomic E-state index is 0.564. The summed E-state index contributed by atoms with van der Waals surface area (Å²) in [6, 6.07) is 8.24. The van der Waals surface area contributed by atoms with Crippen molar-refractivity contribution >= 4 is 5.82 Å². The van der Waals surface area contributed by atoms with E-state index in [0.29, 0.717) is 6.54 Å². The van der Waals surface area contributed by atoms with Crippen LogP contribution < -0.4 is 10.6 Å². The number of benzene rings is 1. The molecule has 4 heteroatoms. The van der Waals surface area contributed by atoms with Crippen LogP contribution in [-0.2, 0) is 13.1 Å². The molecule has 1 heterocycles. The maximum Gasteiger partial charge on any atom is 0.147 e. The smallest absolute Gasteiger partial charge is 0.147 e. The predicted octanol–water partition coefficient (Wildman–Crippen LogP) is 1.96. The molecule has 2 rings (SSSR count). The van der Waals surface area contributed by atoms with Crippen LogP contribution in [0.4, 0.5) is 5.82 Å². The van der Waals surface area contributed by atoms with Gasteiger partial charge in [-0.2, -0.15) is 0 Å². The molecule has 0 bridgehead atoms. The fourth-order valence-electron chi connectivity index (χ4n) is 1.93. The number of anilines is 1. The second-order valence-corrected chi connectivity index (χ2v) is 4.05. The first kappa shape index (κ1) is 12.5. The Labute approximate surface area is 107 Å². The SMILES string of the molecule is CCN(Cc1ccccc1CN)c1cnccn1. The lowest BCUT2D eigenvalue weighted by atomic mass is 10.1. The van der Waals surface area contributed by atoms with Gasteiger partial charge >= 0.3 is 0 Å². The third kappa shape index (κ3) is 2.84. The van der Waals surface area contributed by atoms with E-state index < -0.39 is 0 Å². The molecular weight excluding hydrogens is 224 g/mol. The highest BCUT2D eigenvalue weighted by Crippen LogP contribution is 2.15. The van der Waals surface area contributed by atoms with Crippen LogP contribution in [0.1, 0.15) is 18.1 Å². The van der Waals surface area contributed by atoms with E-state index in [2.05, 4.69) is 33.9 Å². The minimum Gasteiger partial charge on any atom is -0.351 e. The van der Waals surface area contributed by atoms with Crippen molar-refractivity contribution in [3.05, 3.63) is 54.0 Å². The summed E-state index contributed by atoms with van der Waals surface area (Å²) in [6.07, 6.45) is 5.19. The Bertz CT molecular complexity index is 484. The van der Waals surface area contributed by atoms with E-state index in [1.807, 2.05) is 12.1 Å². The second-order valence-electron chi connectivity index (χ2n) is 4.05. The zero-order chi connectivity index (χ0) is 12.8. The highest BCUT2D eigenvalue weighted by atomic mass is 15.2. The van der Waals surface area contributed by atoms with E-state index in [0.717, 1.165) is 18.9 Å². The van der Waals surface area contributed by atoms with E-state index in [9.17, 15) is 0 Å². The Kier molecular flexibility index (Phi) is 4.25. The Morgan fingerprint density at radius 1 is 1.17 bits per heavy atom. The molecule has 0 atom stereocenters. The normalized spacial score (nSPS) is 10.3. The van der Waals surface area contributed by atoms with Crippen LogP contribution in [0.25, 0.3) is 0 Å². The number of rotatable bonds is 5. The van der Waals surface area contributed by atoms with Crippen molar-refractivity contribution in [1.82, 2.24) is 9.97 Å². The summed E-state index contributed by atoms with van der Waals surface area (Å²) in [5.74, 6) is 0.895. The maximum absolute atomic E-state index is 5.76. The molecule has 0 radical (unpaired) electrons. The van der Waals surface area contributed by atoms with Crippen molar-refractivity contribution in [2.45, 2.75) is 20.0 Å². The van der Waals surface area contributed by atoms with Crippen molar-refractivity contribution in [3.63, 3.8) is 0 Å². The summed E-state index contributed by atoms with van der Waals surface area (Å²) in [6.45, 7) is 4.37. The van der Waals surface area contributed by atoms with E-state index in [-0.39, 0.29) is 0 Å². The summed E-state index contributed by atoms with van der Waals surface area (Å²) < 4.78 is 0. The Morgan fingerprint density at radius 2 is 1.94 bits per heavy atom. The molecule has 0 aliphatic carbocycles. The lowest BCUT2D eigenvalue weighted by molar-refractivity contribution is 0.799. The Balaban J connectivity index is 2.21. The molecule has 4 nitrogen and oxygen atoms in total. The quantitative estimate of drug-likeness (QED) is 0.870. The topological polar surface area (TPSA) is 55.0 Å². The number of nitrogens with two attached hydrogens (primary N) is 1. The van der Waals surface area contributed by atoms with Gasteiger partial charge in [-0.3, -0.25) is 4.98 Å². The van der Waals surface area contributed by atoms with Crippen LogP contribution in [0, 0.1) is 0 Å². The Hall–Kier alpha value is -1.94. The van der Waals surface area contributed by atoms with Crippen LogP contribution in [0.2, 0.25) is 0 Å². The average Bonchev–Trinajstić information content (AvgIpc) is 2.46. The van der Waals surface area contributed by atoms with Gasteiger partial charge in [-0.15, -0.1) is 0 Å². The molecule has 2 aromatic rings. The molecule has 0 amide bonds. The lowest BCUT2D eigenvalue weighted by Gasteiger charge is -2.22. The van der Waals surface area contributed by atoms with Crippen LogP contribution in [0.3, 0.4) is 0 Å². The van der Waals surface area contributed by atoms with Gasteiger partial charge in [-0.05, 0) is 18.1 Å². The third-order valence-corrected chi connectivity index (χ3v) is 2.95. The van der Waals surface area contributed by atoms with E-state index in [1.54, 1.807) is 18.6 Å². The molecule has 1 aromatic heterocycles. The highest BCUT2D eigenvalue weighted by Gasteiger charge is 2.08. The van der Waals surface area contributed by atoms with Gasteiger partial charge in [0.05, 0.1) is 6.20 Å². The van der Waals surface area contributed by atoms with Gasteiger partial charge in [-0.25, -0.2) is 4.98 Å². The first-order chi connectivity index (χ1) is 8.85. The summed E-state index contributed by atoms with van der Waals surface area (Å²) >= 11 is 0. The molecule has 2 N–H and O–H groups in total. The summed E-state index contributed by atoms with van der Waals surface area (Å²) in [5, 5.41) is 0. The first-order valence-corrected chi connectivity index (χ1v) is 6.13. The van der Waals surface area contributed by atoms with Crippen LogP contribution in [0.5, 0.6) is 0 Å². The molecule has 1 aromatic carbocycles. The van der Waals surface area contributed by atoms with Gasteiger partial charge in [0.15, 0.2) is 0 Å². The summed E-state index contributed by atoms with van der Waals surface area (Å²) in [4.78, 5) is 10.6. The lowest BCUT2D eigenvalue weighted by Crippen LogP contribution is -2.24. The van der Waals surface area contributed by atoms with E-state index >= 15 is 0 Å². The number of hydrogen-bond donors (Lipinski definition) is 1. The maximum atomic E-state index is 5.76. The van der Waals surface area contributed by atoms with Gasteiger partial charge in [0.25, 0.3) is 0 Å². The zero-order valence-corrected chi connectivity index (χ0v) is 10.6. The molecule has 0 aliphatic rings. The van der Waals surface area contributed by atoms with Gasteiger partial charge in [-0.1, -0.05) is 24.3 Å². The molecule has 18 heavy (non-hydrogen) atoms. The Morgan fingerprint density at radius 3 is 2.56 bits per heavy atom. The molecule has 94 valence electrons. The van der Waals surface area contributed by atoms with E-state index in [1.165, 1.54) is 11.1 Å². The van der Waals surface area contributed by atoms with Crippen molar-refractivity contribution < 1.29 is 0 Å². The fraction of sp³-hybridized carbons (Fsp3) is 0.286. The van der Waals surface area contributed by atoms with Crippen LogP contribution in [0.15, 0.2) is 42.9 Å². The molecular formula is C14H18N4. The zero-order valence-electron chi connectivity index (χ0n) is 10.6. The molecule has 0 unspecified atom stereocenters. The molecule has 0 saturated carbocycles. The number of hydrogen-bond acceptors (Lipinski definition) is 4. The van der Waals surface area contributed by atoms with E-state index in [4.69, 9.17) is 5.73 Å². The fourth-order valence-corrected chi connectivity index (χ4v) is 1.93. The van der Waals surface area contributed by atoms with Gasteiger partial charge < -0.3 is 10.6 Å². The standard InChI is InChI=1S/C14H18N4/c1-2-18(14-10-16-7-8-17-14)11-13-6-4-3-5-12(13)9-15/h3-8,10H,2,9,11,15H2,1H3. The number of aromatic nitrogens is 2. The van der Waals surface area contributed by atoms with Crippen molar-refractivity contribution in [2.24, 2.45) is 5.73 Å². The van der Waals surface area contributed by atoms with Crippen molar-refractivity contribution in [1.29, 1.82) is 0 Å². The largest absolute Gasteiger partial charge is 0.351 e. The summed E-state index contributed by atoms with van der Waals surface area (Å²) in [7, 11) is 0. The average molecular weight is 242 g/mol. The molecule has 0 fully saturated rings. The van der Waals surface area contributed by atoms with Gasteiger partial charge in [0.2, 0.25) is 0 Å². The molecule has 0 saturated heterocycles. The van der Waals surface area contributed by atoms with Gasteiger partial charge in [0.1, 0.15) is 5.82 Å². The minimum atomic E-state index is 0.564. The molecule has 0 spiro atoms. The van der Waals surface area contributed by atoms with Crippen LogP contribution >= 0.6 is 0 Å². The van der Waals surface area contributed by atoms with Crippen molar-refractivity contribution in [3.8, 4) is 0 Å². The molecule has 0 aliphatic heterocycles. The monoisotopic (exact) mass is 242 g/mol. The summed E-state index contributed by atoms with van der Waals surface area (Å²) in [5.41, 5.74) is 8.18. The first-order valence-electron chi connectivity index (χ1n) is 6.13.